The molecule has 0 spiro atoms. The van der Waals surface area contributed by atoms with Gasteiger partial charge in [0, 0.05) is 10.6 Å². The first-order chi connectivity index (χ1) is 12.6. The van der Waals surface area contributed by atoms with E-state index in [0.29, 0.717) is 23.1 Å². The van der Waals surface area contributed by atoms with Gasteiger partial charge in [-0.25, -0.2) is 5.43 Å². The average Bonchev–Trinajstić information content (AvgIpc) is 3.09. The van der Waals surface area contributed by atoms with Crippen molar-refractivity contribution in [3.8, 4) is 5.75 Å². The fourth-order valence-corrected chi connectivity index (χ4v) is 2.36. The Kier molecular flexibility index (Phi) is 5.71. The molecule has 1 amide bonds. The van der Waals surface area contributed by atoms with E-state index in [1.165, 1.54) is 6.21 Å². The summed E-state index contributed by atoms with van der Waals surface area (Å²) in [4.78, 5) is 11.9. The van der Waals surface area contributed by atoms with E-state index in [-0.39, 0.29) is 5.76 Å². The maximum Gasteiger partial charge on any atom is 0.307 e. The molecule has 132 valence electrons. The van der Waals surface area contributed by atoms with Crippen molar-refractivity contribution in [1.82, 2.24) is 5.43 Å². The van der Waals surface area contributed by atoms with E-state index in [4.69, 9.17) is 20.8 Å². The molecule has 0 saturated carbocycles. The molecule has 0 saturated heterocycles. The quantitative estimate of drug-likeness (QED) is 0.511. The van der Waals surface area contributed by atoms with Gasteiger partial charge < -0.3 is 9.15 Å². The summed E-state index contributed by atoms with van der Waals surface area (Å²) in [7, 11) is 0. The summed E-state index contributed by atoms with van der Waals surface area (Å²) < 4.78 is 11.1. The summed E-state index contributed by atoms with van der Waals surface area (Å²) in [6.07, 6.45) is 1.53. The van der Waals surface area contributed by atoms with Gasteiger partial charge in [0.25, 0.3) is 0 Å². The minimum absolute atomic E-state index is 0.215. The minimum atomic E-state index is -0.408. The fourth-order valence-electron chi connectivity index (χ4n) is 2.23. The topological polar surface area (TPSA) is 63.8 Å². The molecule has 0 aliphatic heterocycles. The van der Waals surface area contributed by atoms with Gasteiger partial charge in [0.1, 0.15) is 18.1 Å². The number of nitrogens with zero attached hydrogens (tertiary/aromatic N) is 1. The Labute approximate surface area is 156 Å². The van der Waals surface area contributed by atoms with Crippen LogP contribution in [0, 0.1) is 6.92 Å². The van der Waals surface area contributed by atoms with E-state index in [9.17, 15) is 4.79 Å². The molecule has 5 nitrogen and oxygen atoms in total. The maximum atomic E-state index is 11.9. The SMILES string of the molecule is Cc1ccc(C(=O)N/N=C/c2ccccc2OCc2ccc(Cl)cc2)o1. The van der Waals surface area contributed by atoms with Crippen LogP contribution < -0.4 is 10.2 Å². The number of halogens is 1. The van der Waals surface area contributed by atoms with Crippen LogP contribution in [0.3, 0.4) is 0 Å². The lowest BCUT2D eigenvalue weighted by molar-refractivity contribution is 0.0926. The van der Waals surface area contributed by atoms with Gasteiger partial charge >= 0.3 is 5.91 Å². The number of rotatable bonds is 6. The van der Waals surface area contributed by atoms with E-state index in [1.807, 2.05) is 48.5 Å². The second-order valence-electron chi connectivity index (χ2n) is 5.56. The molecule has 3 rings (SSSR count). The maximum absolute atomic E-state index is 11.9. The van der Waals surface area contributed by atoms with Crippen molar-refractivity contribution >= 4 is 23.7 Å². The summed E-state index contributed by atoms with van der Waals surface area (Å²) >= 11 is 5.88. The Morgan fingerprint density at radius 2 is 1.92 bits per heavy atom. The summed E-state index contributed by atoms with van der Waals surface area (Å²) in [6, 6.07) is 18.2. The van der Waals surface area contributed by atoms with E-state index in [0.717, 1.165) is 11.1 Å². The predicted molar refractivity (Wildman–Crippen MR) is 101 cm³/mol. The fraction of sp³-hybridized carbons (Fsp3) is 0.100. The molecule has 0 aliphatic carbocycles. The second kappa shape index (κ2) is 8.36. The van der Waals surface area contributed by atoms with Gasteiger partial charge in [-0.2, -0.15) is 5.10 Å². The number of benzene rings is 2. The Morgan fingerprint density at radius 1 is 1.15 bits per heavy atom. The standard InChI is InChI=1S/C20H17ClN2O3/c1-14-6-11-19(26-14)20(24)23-22-12-16-4-2-3-5-18(16)25-13-15-7-9-17(21)10-8-15/h2-12H,13H2,1H3,(H,23,24)/b22-12+. The molecule has 0 radical (unpaired) electrons. The van der Waals surface area contributed by atoms with Crippen LogP contribution in [0.2, 0.25) is 5.02 Å². The van der Waals surface area contributed by atoms with Crippen LogP contribution in [0.4, 0.5) is 0 Å². The molecule has 3 aromatic rings. The van der Waals surface area contributed by atoms with E-state index in [1.54, 1.807) is 19.1 Å². The zero-order chi connectivity index (χ0) is 18.4. The molecular weight excluding hydrogens is 352 g/mol. The highest BCUT2D eigenvalue weighted by Gasteiger charge is 2.08. The van der Waals surface area contributed by atoms with E-state index in [2.05, 4.69) is 10.5 Å². The van der Waals surface area contributed by atoms with Gasteiger partial charge in [0.15, 0.2) is 5.76 Å². The van der Waals surface area contributed by atoms with Crippen LogP contribution in [-0.4, -0.2) is 12.1 Å². The van der Waals surface area contributed by atoms with Crippen LogP contribution in [0.5, 0.6) is 5.75 Å². The van der Waals surface area contributed by atoms with E-state index >= 15 is 0 Å². The first-order valence-corrected chi connectivity index (χ1v) is 8.36. The number of carbonyl (C=O) groups is 1. The van der Waals surface area contributed by atoms with Gasteiger partial charge in [-0.3, -0.25) is 4.79 Å². The van der Waals surface area contributed by atoms with Crippen LogP contribution in [0.1, 0.15) is 27.4 Å². The highest BCUT2D eigenvalue weighted by Crippen LogP contribution is 2.18. The highest BCUT2D eigenvalue weighted by molar-refractivity contribution is 6.30. The Balaban J connectivity index is 1.63. The Bertz CT molecular complexity index is 917. The lowest BCUT2D eigenvalue weighted by Crippen LogP contribution is -2.16. The summed E-state index contributed by atoms with van der Waals surface area (Å²) in [5.41, 5.74) is 4.18. The van der Waals surface area contributed by atoms with Gasteiger partial charge in [-0.1, -0.05) is 35.9 Å². The molecule has 26 heavy (non-hydrogen) atoms. The Morgan fingerprint density at radius 3 is 2.65 bits per heavy atom. The number of aryl methyl sites for hydroxylation is 1. The van der Waals surface area contributed by atoms with Crippen molar-refractivity contribution in [2.75, 3.05) is 0 Å². The molecule has 1 N–H and O–H groups in total. The number of carbonyl (C=O) groups excluding carboxylic acids is 1. The summed E-state index contributed by atoms with van der Waals surface area (Å²) in [5.74, 6) is 1.13. The number of nitrogens with one attached hydrogen (secondary N) is 1. The third-order valence-electron chi connectivity index (χ3n) is 3.56. The summed E-state index contributed by atoms with van der Waals surface area (Å²) in [5, 5.41) is 4.66. The largest absolute Gasteiger partial charge is 0.488 e. The van der Waals surface area contributed by atoms with E-state index < -0.39 is 5.91 Å². The third kappa shape index (κ3) is 4.74. The smallest absolute Gasteiger partial charge is 0.307 e. The zero-order valence-corrected chi connectivity index (χ0v) is 14.9. The van der Waals surface area contributed by atoms with Gasteiger partial charge in [0.05, 0.1) is 6.21 Å². The number of furan rings is 1. The monoisotopic (exact) mass is 368 g/mol. The highest BCUT2D eigenvalue weighted by atomic mass is 35.5. The van der Waals surface area contributed by atoms with Crippen LogP contribution in [0.15, 0.2) is 70.2 Å². The molecule has 0 fully saturated rings. The molecule has 1 aromatic heterocycles. The van der Waals surface area contributed by atoms with Crippen LogP contribution in [-0.2, 0) is 6.61 Å². The number of ether oxygens (including phenoxy) is 1. The first-order valence-electron chi connectivity index (χ1n) is 7.98. The van der Waals surface area contributed by atoms with Crippen molar-refractivity contribution in [1.29, 1.82) is 0 Å². The average molecular weight is 369 g/mol. The number of amides is 1. The molecule has 2 aromatic carbocycles. The molecule has 6 heteroatoms. The predicted octanol–water partition coefficient (Wildman–Crippen LogP) is 4.58. The van der Waals surface area contributed by atoms with Crippen molar-refractivity contribution in [3.63, 3.8) is 0 Å². The van der Waals surface area contributed by atoms with Crippen LogP contribution >= 0.6 is 11.6 Å². The molecular formula is C20H17ClN2O3. The van der Waals surface area contributed by atoms with Gasteiger partial charge in [0.2, 0.25) is 0 Å². The molecule has 0 aliphatic rings. The van der Waals surface area contributed by atoms with Crippen molar-refractivity contribution in [2.24, 2.45) is 5.10 Å². The lowest BCUT2D eigenvalue weighted by atomic mass is 10.2. The van der Waals surface area contributed by atoms with Crippen molar-refractivity contribution < 1.29 is 13.9 Å². The number of hydrogen-bond acceptors (Lipinski definition) is 4. The molecule has 0 atom stereocenters. The molecule has 0 unspecified atom stereocenters. The van der Waals surface area contributed by atoms with Crippen molar-refractivity contribution in [2.45, 2.75) is 13.5 Å². The zero-order valence-electron chi connectivity index (χ0n) is 14.1. The number of hydrazone groups is 1. The van der Waals surface area contributed by atoms with Crippen LogP contribution in [0.25, 0.3) is 0 Å². The second-order valence-corrected chi connectivity index (χ2v) is 6.00. The summed E-state index contributed by atoms with van der Waals surface area (Å²) in [6.45, 7) is 2.17. The number of para-hydroxylation sites is 1. The number of hydrogen-bond donors (Lipinski definition) is 1. The lowest BCUT2D eigenvalue weighted by Gasteiger charge is -2.09. The molecule has 0 bridgehead atoms. The third-order valence-corrected chi connectivity index (χ3v) is 3.81. The normalized spacial score (nSPS) is 10.8. The van der Waals surface area contributed by atoms with Crippen molar-refractivity contribution in [3.05, 3.63) is 88.3 Å². The Hall–Kier alpha value is -3.05. The van der Waals surface area contributed by atoms with Gasteiger partial charge in [-0.15, -0.1) is 0 Å². The minimum Gasteiger partial charge on any atom is -0.488 e. The van der Waals surface area contributed by atoms with Gasteiger partial charge in [-0.05, 0) is 48.9 Å². The molecule has 1 heterocycles. The first kappa shape index (κ1) is 17.8.